The molecule has 30 heavy (non-hydrogen) atoms. The summed E-state index contributed by atoms with van der Waals surface area (Å²) in [5.41, 5.74) is 1.03. The fourth-order valence-corrected chi connectivity index (χ4v) is 7.24. The van der Waals surface area contributed by atoms with Crippen LogP contribution in [-0.4, -0.2) is 51.6 Å². The van der Waals surface area contributed by atoms with Crippen LogP contribution in [0, 0.1) is 6.92 Å². The Morgan fingerprint density at radius 3 is 2.37 bits per heavy atom. The third-order valence-electron chi connectivity index (χ3n) is 4.55. The van der Waals surface area contributed by atoms with E-state index in [1.54, 1.807) is 19.1 Å². The van der Waals surface area contributed by atoms with Gasteiger partial charge in [0.1, 0.15) is 23.0 Å². The van der Waals surface area contributed by atoms with Crippen molar-refractivity contribution in [3.63, 3.8) is 0 Å². The largest absolute Gasteiger partial charge is 0.497 e. The number of ether oxygens (including phenoxy) is 2. The van der Waals surface area contributed by atoms with Crippen LogP contribution in [0.1, 0.15) is 5.69 Å². The second-order valence-corrected chi connectivity index (χ2v) is 11.3. The van der Waals surface area contributed by atoms with Crippen molar-refractivity contribution in [1.29, 1.82) is 0 Å². The molecule has 0 saturated carbocycles. The topological polar surface area (TPSA) is 60.8 Å². The van der Waals surface area contributed by atoms with E-state index >= 15 is 0 Å². The molecule has 2 aromatic carbocycles. The summed E-state index contributed by atoms with van der Waals surface area (Å²) in [4.78, 5) is 2.14. The summed E-state index contributed by atoms with van der Waals surface area (Å²) >= 11 is 10.4. The maximum atomic E-state index is 13.7. The fourth-order valence-electron chi connectivity index (χ4n) is 3.13. The molecule has 6 nitrogen and oxygen atoms in total. The van der Waals surface area contributed by atoms with Crippen molar-refractivity contribution < 1.29 is 17.9 Å². The standard InChI is InChI=1S/C20H21Br3N2O4S/c1-12-20(29-8-7-24(2)3)15-9-13(21)10-17(23)19(15)25(12)30(26,27)18-6-5-14(28-4)11-16(18)22/h5-6,9-11H,7-8H2,1-4H3. The van der Waals surface area contributed by atoms with Gasteiger partial charge < -0.3 is 14.4 Å². The molecule has 10 heteroatoms. The van der Waals surface area contributed by atoms with Gasteiger partial charge >= 0.3 is 0 Å². The Balaban J connectivity index is 2.26. The van der Waals surface area contributed by atoms with Crippen molar-refractivity contribution in [3.8, 4) is 11.5 Å². The Labute approximate surface area is 201 Å². The first-order valence-electron chi connectivity index (χ1n) is 8.94. The summed E-state index contributed by atoms with van der Waals surface area (Å²) in [5, 5.41) is 0.709. The van der Waals surface area contributed by atoms with Crippen molar-refractivity contribution in [3.05, 3.63) is 49.4 Å². The van der Waals surface area contributed by atoms with Crippen LogP contribution in [0.2, 0.25) is 0 Å². The van der Waals surface area contributed by atoms with E-state index in [2.05, 4.69) is 47.8 Å². The van der Waals surface area contributed by atoms with Crippen LogP contribution in [0.3, 0.4) is 0 Å². The molecule has 3 aromatic rings. The van der Waals surface area contributed by atoms with E-state index in [-0.39, 0.29) is 4.90 Å². The lowest BCUT2D eigenvalue weighted by Gasteiger charge is -2.14. The summed E-state index contributed by atoms with van der Waals surface area (Å²) in [6, 6.07) is 8.48. The SMILES string of the molecule is COc1ccc(S(=O)(=O)n2c(C)c(OCCN(C)C)c3cc(Br)cc(Br)c32)c(Br)c1. The zero-order valence-corrected chi connectivity index (χ0v) is 22.4. The molecule has 0 bridgehead atoms. The van der Waals surface area contributed by atoms with Crippen molar-refractivity contribution >= 4 is 68.7 Å². The smallest absolute Gasteiger partial charge is 0.269 e. The molecule has 0 aliphatic rings. The number of rotatable bonds is 7. The van der Waals surface area contributed by atoms with Crippen molar-refractivity contribution in [1.82, 2.24) is 8.87 Å². The zero-order valence-electron chi connectivity index (χ0n) is 16.9. The molecule has 0 amide bonds. The second-order valence-electron chi connectivity index (χ2n) is 6.92. The van der Waals surface area contributed by atoms with Gasteiger partial charge in [0.2, 0.25) is 0 Å². The molecule has 3 rings (SSSR count). The van der Waals surface area contributed by atoms with Gasteiger partial charge in [-0.2, -0.15) is 0 Å². The minimum atomic E-state index is -3.93. The molecule has 1 aromatic heterocycles. The van der Waals surface area contributed by atoms with E-state index in [4.69, 9.17) is 9.47 Å². The minimum Gasteiger partial charge on any atom is -0.497 e. The van der Waals surface area contributed by atoms with Crippen LogP contribution < -0.4 is 9.47 Å². The average Bonchev–Trinajstić information content (AvgIpc) is 2.94. The number of aromatic nitrogens is 1. The number of fused-ring (bicyclic) bond motifs is 1. The predicted molar refractivity (Wildman–Crippen MR) is 129 cm³/mol. The second kappa shape index (κ2) is 9.20. The molecule has 0 radical (unpaired) electrons. The predicted octanol–water partition coefficient (Wildman–Crippen LogP) is 5.42. The highest BCUT2D eigenvalue weighted by Gasteiger charge is 2.29. The van der Waals surface area contributed by atoms with E-state index in [0.717, 1.165) is 4.47 Å². The third-order valence-corrected chi connectivity index (χ3v) is 8.38. The minimum absolute atomic E-state index is 0.137. The van der Waals surface area contributed by atoms with Gasteiger partial charge in [0.05, 0.1) is 18.3 Å². The Bertz CT molecular complexity index is 1210. The lowest BCUT2D eigenvalue weighted by atomic mass is 10.2. The monoisotopic (exact) mass is 622 g/mol. The first kappa shape index (κ1) is 23.6. The molecule has 0 saturated heterocycles. The number of hydrogen-bond acceptors (Lipinski definition) is 5. The quantitative estimate of drug-likeness (QED) is 0.351. The lowest BCUT2D eigenvalue weighted by molar-refractivity contribution is 0.262. The number of hydrogen-bond donors (Lipinski definition) is 0. The Hall–Kier alpha value is -1.07. The molecular weight excluding hydrogens is 604 g/mol. The number of likely N-dealkylation sites (N-methyl/N-ethyl adjacent to an activating group) is 1. The highest BCUT2D eigenvalue weighted by atomic mass is 79.9. The van der Waals surface area contributed by atoms with E-state index in [0.29, 0.717) is 50.2 Å². The molecule has 1 heterocycles. The van der Waals surface area contributed by atoms with Gasteiger partial charge in [0, 0.05) is 25.3 Å². The molecule has 0 spiro atoms. The van der Waals surface area contributed by atoms with Gasteiger partial charge in [0.15, 0.2) is 0 Å². The molecule has 0 unspecified atom stereocenters. The molecule has 162 valence electrons. The number of benzene rings is 2. The number of methoxy groups -OCH3 is 1. The van der Waals surface area contributed by atoms with Gasteiger partial charge in [0.25, 0.3) is 10.0 Å². The van der Waals surface area contributed by atoms with Crippen molar-refractivity contribution in [2.45, 2.75) is 11.8 Å². The maximum Gasteiger partial charge on any atom is 0.269 e. The molecule has 0 atom stereocenters. The summed E-state index contributed by atoms with van der Waals surface area (Å²) < 4.78 is 41.9. The first-order valence-corrected chi connectivity index (χ1v) is 12.8. The average molecular weight is 625 g/mol. The Morgan fingerprint density at radius 2 is 1.77 bits per heavy atom. The van der Waals surface area contributed by atoms with Gasteiger partial charge in [-0.15, -0.1) is 0 Å². The molecule has 0 aliphatic carbocycles. The van der Waals surface area contributed by atoms with E-state index < -0.39 is 10.0 Å². The molecule has 0 fully saturated rings. The van der Waals surface area contributed by atoms with Crippen LogP contribution in [-0.2, 0) is 10.0 Å². The zero-order chi connectivity index (χ0) is 22.2. The number of nitrogens with zero attached hydrogens (tertiary/aromatic N) is 2. The summed E-state index contributed by atoms with van der Waals surface area (Å²) in [7, 11) is 1.52. The van der Waals surface area contributed by atoms with E-state index in [9.17, 15) is 8.42 Å². The maximum absolute atomic E-state index is 13.7. The lowest BCUT2D eigenvalue weighted by Crippen LogP contribution is -2.20. The summed E-state index contributed by atoms with van der Waals surface area (Å²) in [6.45, 7) is 2.89. The van der Waals surface area contributed by atoms with Crippen LogP contribution in [0.25, 0.3) is 10.9 Å². The first-order chi connectivity index (χ1) is 14.1. The van der Waals surface area contributed by atoms with E-state index in [1.807, 2.05) is 31.1 Å². The molecule has 0 N–H and O–H groups in total. The van der Waals surface area contributed by atoms with Gasteiger partial charge in [-0.1, -0.05) is 15.9 Å². The normalized spacial score (nSPS) is 12.0. The fraction of sp³-hybridized carbons (Fsp3) is 0.300. The van der Waals surface area contributed by atoms with Gasteiger partial charge in [-0.05, 0) is 83.2 Å². The van der Waals surface area contributed by atoms with Crippen LogP contribution in [0.4, 0.5) is 0 Å². The van der Waals surface area contributed by atoms with Gasteiger partial charge in [-0.25, -0.2) is 12.4 Å². The summed E-state index contributed by atoms with van der Waals surface area (Å²) in [5.74, 6) is 1.11. The number of halogens is 3. The van der Waals surface area contributed by atoms with Crippen molar-refractivity contribution in [2.24, 2.45) is 0 Å². The molecular formula is C20H21Br3N2O4S. The van der Waals surface area contributed by atoms with Crippen molar-refractivity contribution in [2.75, 3.05) is 34.4 Å². The van der Waals surface area contributed by atoms with Crippen LogP contribution in [0.15, 0.2) is 48.6 Å². The third kappa shape index (κ3) is 4.43. The molecule has 0 aliphatic heterocycles. The van der Waals surface area contributed by atoms with Crippen LogP contribution >= 0.6 is 47.8 Å². The Morgan fingerprint density at radius 1 is 1.07 bits per heavy atom. The van der Waals surface area contributed by atoms with Crippen LogP contribution in [0.5, 0.6) is 11.5 Å². The van der Waals surface area contributed by atoms with Gasteiger partial charge in [-0.3, -0.25) is 0 Å². The highest BCUT2D eigenvalue weighted by molar-refractivity contribution is 9.11. The Kier molecular flexibility index (Phi) is 7.23. The van der Waals surface area contributed by atoms with E-state index in [1.165, 1.54) is 17.1 Å². The summed E-state index contributed by atoms with van der Waals surface area (Å²) in [6.07, 6.45) is 0. The highest BCUT2D eigenvalue weighted by Crippen LogP contribution is 2.42.